The third kappa shape index (κ3) is 2.92. The number of hydrogen-bond acceptors (Lipinski definition) is 4. The highest BCUT2D eigenvalue weighted by atomic mass is 79.9. The van der Waals surface area contributed by atoms with E-state index in [2.05, 4.69) is 31.2 Å². The largest absolute Gasteiger partial charge is 0.309 e. The van der Waals surface area contributed by atoms with Crippen LogP contribution in [0, 0.1) is 5.92 Å². The molecule has 1 unspecified atom stereocenters. The average molecular weight is 288 g/mol. The fraction of sp³-hybridized carbons (Fsp3) is 0.444. The molecule has 2 rings (SSSR count). The van der Waals surface area contributed by atoms with E-state index in [0.717, 1.165) is 17.9 Å². The van der Waals surface area contributed by atoms with Crippen LogP contribution >= 0.6 is 27.7 Å². The lowest BCUT2D eigenvalue weighted by molar-refractivity contribution is -0.119. The Morgan fingerprint density at radius 1 is 1.53 bits per heavy atom. The quantitative estimate of drug-likeness (QED) is 0.903. The van der Waals surface area contributed by atoms with E-state index in [1.165, 1.54) is 0 Å². The van der Waals surface area contributed by atoms with Gasteiger partial charge in [0.15, 0.2) is 5.82 Å². The number of carbonyl (C=O) groups excluding carboxylic acids is 1. The van der Waals surface area contributed by atoms with Gasteiger partial charge in [-0.2, -0.15) is 11.8 Å². The Bertz CT molecular complexity index is 351. The van der Waals surface area contributed by atoms with Crippen LogP contribution in [0.4, 0.5) is 5.82 Å². The molecule has 1 aliphatic heterocycles. The van der Waals surface area contributed by atoms with E-state index in [1.54, 1.807) is 12.4 Å². The highest BCUT2D eigenvalue weighted by Gasteiger charge is 2.23. The monoisotopic (exact) mass is 287 g/mol. The molecule has 6 heteroatoms. The first-order chi connectivity index (χ1) is 7.25. The van der Waals surface area contributed by atoms with E-state index in [-0.39, 0.29) is 11.8 Å². The molecule has 1 fully saturated rings. The minimum Gasteiger partial charge on any atom is -0.309 e. The number of aromatic nitrogens is 2. The Hall–Kier alpha value is -0.620. The Morgan fingerprint density at radius 2 is 2.40 bits per heavy atom. The molecule has 1 N–H and O–H groups in total. The zero-order valence-electron chi connectivity index (χ0n) is 7.94. The van der Waals surface area contributed by atoms with E-state index < -0.39 is 0 Å². The molecule has 80 valence electrons. The minimum absolute atomic E-state index is 0.0524. The minimum atomic E-state index is 0.0524. The van der Waals surface area contributed by atoms with Gasteiger partial charge in [0.05, 0.1) is 12.4 Å². The van der Waals surface area contributed by atoms with E-state index in [0.29, 0.717) is 10.4 Å². The second-order valence-electron chi connectivity index (χ2n) is 3.27. The van der Waals surface area contributed by atoms with E-state index in [4.69, 9.17) is 0 Å². The topological polar surface area (TPSA) is 54.9 Å². The van der Waals surface area contributed by atoms with Crippen molar-refractivity contribution in [3.05, 3.63) is 17.0 Å². The summed E-state index contributed by atoms with van der Waals surface area (Å²) in [5.74, 6) is 2.68. The van der Waals surface area contributed by atoms with Crippen molar-refractivity contribution in [2.75, 3.05) is 16.8 Å². The Morgan fingerprint density at radius 3 is 3.00 bits per heavy atom. The number of carbonyl (C=O) groups is 1. The number of hydrogen-bond donors (Lipinski definition) is 1. The highest BCUT2D eigenvalue weighted by Crippen LogP contribution is 2.24. The summed E-state index contributed by atoms with van der Waals surface area (Å²) in [6.07, 6.45) is 4.07. The molecule has 1 aromatic heterocycles. The fourth-order valence-corrected chi connectivity index (χ4v) is 2.77. The molecule has 0 bridgehead atoms. The number of nitrogens with one attached hydrogen (secondary N) is 1. The van der Waals surface area contributed by atoms with Gasteiger partial charge in [0.2, 0.25) is 5.91 Å². The number of thioether (sulfide) groups is 1. The molecular weight excluding hydrogens is 278 g/mol. The van der Waals surface area contributed by atoms with Gasteiger partial charge in [-0.3, -0.25) is 4.79 Å². The van der Waals surface area contributed by atoms with Crippen molar-refractivity contribution >= 4 is 39.4 Å². The van der Waals surface area contributed by atoms with E-state index in [9.17, 15) is 4.79 Å². The lowest BCUT2D eigenvalue weighted by Crippen LogP contribution is -2.22. The molecule has 0 aromatic carbocycles. The van der Waals surface area contributed by atoms with Crippen LogP contribution in [0.2, 0.25) is 0 Å². The van der Waals surface area contributed by atoms with Gasteiger partial charge in [0.1, 0.15) is 4.60 Å². The van der Waals surface area contributed by atoms with Crippen molar-refractivity contribution in [1.29, 1.82) is 0 Å². The lowest BCUT2D eigenvalue weighted by Gasteiger charge is -2.08. The molecular formula is C9H10BrN3OS. The number of anilines is 1. The molecule has 15 heavy (non-hydrogen) atoms. The maximum absolute atomic E-state index is 11.7. The molecule has 1 aromatic rings. The van der Waals surface area contributed by atoms with Crippen LogP contribution in [0.3, 0.4) is 0 Å². The van der Waals surface area contributed by atoms with Gasteiger partial charge in [-0.15, -0.1) is 0 Å². The van der Waals surface area contributed by atoms with Crippen molar-refractivity contribution < 1.29 is 4.79 Å². The summed E-state index contributed by atoms with van der Waals surface area (Å²) in [4.78, 5) is 19.7. The highest BCUT2D eigenvalue weighted by molar-refractivity contribution is 9.10. The third-order valence-electron chi connectivity index (χ3n) is 2.17. The Labute approximate surface area is 100 Å². The van der Waals surface area contributed by atoms with Gasteiger partial charge >= 0.3 is 0 Å². The van der Waals surface area contributed by atoms with Gasteiger partial charge < -0.3 is 5.32 Å². The molecule has 0 radical (unpaired) electrons. The van der Waals surface area contributed by atoms with E-state index in [1.807, 2.05) is 11.8 Å². The number of amides is 1. The van der Waals surface area contributed by atoms with Gasteiger partial charge in [0, 0.05) is 11.7 Å². The maximum atomic E-state index is 11.7. The normalized spacial score (nSPS) is 20.2. The van der Waals surface area contributed by atoms with Crippen LogP contribution < -0.4 is 5.32 Å². The summed E-state index contributed by atoms with van der Waals surface area (Å²) >= 11 is 5.01. The predicted octanol–water partition coefficient (Wildman–Crippen LogP) is 1.93. The number of rotatable bonds is 2. The molecule has 1 amide bonds. The molecule has 4 nitrogen and oxygen atoms in total. The molecule has 0 spiro atoms. The summed E-state index contributed by atoms with van der Waals surface area (Å²) in [7, 11) is 0. The number of nitrogens with zero attached hydrogens (tertiary/aromatic N) is 2. The first-order valence-corrected chi connectivity index (χ1v) is 6.56. The third-order valence-corrected chi connectivity index (χ3v) is 3.74. The smallest absolute Gasteiger partial charge is 0.229 e. The van der Waals surface area contributed by atoms with Crippen LogP contribution in [0.5, 0.6) is 0 Å². The van der Waals surface area contributed by atoms with Gasteiger partial charge in [0.25, 0.3) is 0 Å². The molecule has 0 aliphatic carbocycles. The van der Waals surface area contributed by atoms with Crippen LogP contribution in [-0.4, -0.2) is 27.4 Å². The SMILES string of the molecule is O=C(Nc1cnc(Br)cn1)C1CCSC1. The van der Waals surface area contributed by atoms with Gasteiger partial charge in [-0.05, 0) is 28.1 Å². The predicted molar refractivity (Wildman–Crippen MR) is 63.8 cm³/mol. The van der Waals surface area contributed by atoms with Crippen molar-refractivity contribution in [2.24, 2.45) is 5.92 Å². The Balaban J connectivity index is 1.96. The molecule has 1 atom stereocenters. The summed E-state index contributed by atoms with van der Waals surface area (Å²) in [6, 6.07) is 0. The van der Waals surface area contributed by atoms with Crippen LogP contribution in [0.25, 0.3) is 0 Å². The summed E-state index contributed by atoms with van der Waals surface area (Å²) in [5, 5.41) is 2.76. The number of halogens is 1. The summed E-state index contributed by atoms with van der Waals surface area (Å²) < 4.78 is 0.664. The van der Waals surface area contributed by atoms with Gasteiger partial charge in [-0.1, -0.05) is 0 Å². The molecule has 0 saturated carbocycles. The van der Waals surface area contributed by atoms with Crippen molar-refractivity contribution in [1.82, 2.24) is 9.97 Å². The van der Waals surface area contributed by atoms with Crippen molar-refractivity contribution in [3.8, 4) is 0 Å². The first-order valence-electron chi connectivity index (χ1n) is 4.62. The zero-order valence-corrected chi connectivity index (χ0v) is 10.3. The van der Waals surface area contributed by atoms with Crippen LogP contribution in [0.1, 0.15) is 6.42 Å². The van der Waals surface area contributed by atoms with E-state index >= 15 is 0 Å². The lowest BCUT2D eigenvalue weighted by atomic mass is 10.1. The molecule has 1 saturated heterocycles. The second kappa shape index (κ2) is 4.94. The molecule has 1 aliphatic rings. The average Bonchev–Trinajstić information content (AvgIpc) is 2.74. The van der Waals surface area contributed by atoms with Crippen LogP contribution in [0.15, 0.2) is 17.0 Å². The molecule has 2 heterocycles. The summed E-state index contributed by atoms with van der Waals surface area (Å²) in [5.41, 5.74) is 0. The van der Waals surface area contributed by atoms with Crippen LogP contribution in [-0.2, 0) is 4.79 Å². The summed E-state index contributed by atoms with van der Waals surface area (Å²) in [6.45, 7) is 0. The second-order valence-corrected chi connectivity index (χ2v) is 5.24. The Kier molecular flexibility index (Phi) is 3.58. The first kappa shape index (κ1) is 10.9. The van der Waals surface area contributed by atoms with Crippen molar-refractivity contribution in [3.63, 3.8) is 0 Å². The van der Waals surface area contributed by atoms with Crippen molar-refractivity contribution in [2.45, 2.75) is 6.42 Å². The fourth-order valence-electron chi connectivity index (χ4n) is 1.35. The zero-order chi connectivity index (χ0) is 10.7. The standard InChI is InChI=1S/C9H10BrN3OS/c10-7-3-12-8(4-11-7)13-9(14)6-1-2-15-5-6/h3-4,6H,1-2,5H2,(H,12,13,14). The van der Waals surface area contributed by atoms with Gasteiger partial charge in [-0.25, -0.2) is 9.97 Å². The maximum Gasteiger partial charge on any atom is 0.229 e.